The Bertz CT molecular complexity index is 323. The van der Waals surface area contributed by atoms with Crippen LogP contribution in [0.5, 0.6) is 0 Å². The van der Waals surface area contributed by atoms with Crippen molar-refractivity contribution in [2.45, 2.75) is 84.0 Å². The summed E-state index contributed by atoms with van der Waals surface area (Å²) in [5.41, 5.74) is 0.371. The van der Waals surface area contributed by atoms with E-state index in [2.05, 4.69) is 20.1 Å². The van der Waals surface area contributed by atoms with Gasteiger partial charge >= 0.3 is 5.97 Å². The highest BCUT2D eigenvalue weighted by Gasteiger charge is 2.07. The minimum Gasteiger partial charge on any atom is -0.462 e. The molecule has 0 saturated carbocycles. The molecule has 0 aliphatic carbocycles. The SMILES string of the molecule is C=CCOCC(=C)C(=O)OCCCCCCCCCCCCCC. The van der Waals surface area contributed by atoms with E-state index < -0.39 is 0 Å². The molecule has 0 aromatic carbocycles. The van der Waals surface area contributed by atoms with Crippen LogP contribution < -0.4 is 0 Å². The van der Waals surface area contributed by atoms with Crippen molar-refractivity contribution in [1.29, 1.82) is 0 Å². The van der Waals surface area contributed by atoms with Crippen LogP contribution in [0.25, 0.3) is 0 Å². The smallest absolute Gasteiger partial charge is 0.335 e. The summed E-state index contributed by atoms with van der Waals surface area (Å²) in [4.78, 5) is 11.6. The molecule has 0 aromatic rings. The molecular formula is C21H38O3. The second-order valence-electron chi connectivity index (χ2n) is 6.43. The fourth-order valence-electron chi connectivity index (χ4n) is 2.53. The van der Waals surface area contributed by atoms with Gasteiger partial charge in [0.15, 0.2) is 0 Å². The first-order chi connectivity index (χ1) is 11.7. The van der Waals surface area contributed by atoms with E-state index >= 15 is 0 Å². The lowest BCUT2D eigenvalue weighted by molar-refractivity contribution is -0.139. The van der Waals surface area contributed by atoms with Crippen LogP contribution in [0.4, 0.5) is 0 Å². The predicted octanol–water partition coefficient (Wildman–Crippen LogP) is 5.99. The molecule has 0 fully saturated rings. The van der Waals surface area contributed by atoms with Crippen molar-refractivity contribution in [3.8, 4) is 0 Å². The Morgan fingerprint density at radius 1 is 0.875 bits per heavy atom. The minimum atomic E-state index is -0.345. The van der Waals surface area contributed by atoms with Gasteiger partial charge in [0, 0.05) is 0 Å². The summed E-state index contributed by atoms with van der Waals surface area (Å²) in [6.45, 7) is 10.6. The zero-order valence-corrected chi connectivity index (χ0v) is 15.8. The molecule has 0 atom stereocenters. The Morgan fingerprint density at radius 2 is 1.38 bits per heavy atom. The minimum absolute atomic E-state index is 0.212. The number of rotatable bonds is 18. The van der Waals surface area contributed by atoms with E-state index in [1.807, 2.05) is 0 Å². The molecule has 0 heterocycles. The molecular weight excluding hydrogens is 300 g/mol. The molecule has 24 heavy (non-hydrogen) atoms. The normalized spacial score (nSPS) is 10.5. The Labute approximate surface area is 149 Å². The third kappa shape index (κ3) is 15.8. The van der Waals surface area contributed by atoms with E-state index in [0.717, 1.165) is 12.8 Å². The van der Waals surface area contributed by atoms with Gasteiger partial charge in [0.1, 0.15) is 0 Å². The average molecular weight is 339 g/mol. The van der Waals surface area contributed by atoms with Gasteiger partial charge in [0.05, 0.1) is 25.4 Å². The van der Waals surface area contributed by atoms with Gasteiger partial charge in [-0.3, -0.25) is 0 Å². The lowest BCUT2D eigenvalue weighted by Crippen LogP contribution is -2.12. The zero-order valence-electron chi connectivity index (χ0n) is 15.8. The number of esters is 1. The van der Waals surface area contributed by atoms with Gasteiger partial charge < -0.3 is 9.47 Å². The molecule has 3 nitrogen and oxygen atoms in total. The Hall–Kier alpha value is -1.09. The van der Waals surface area contributed by atoms with Crippen LogP contribution in [-0.2, 0) is 14.3 Å². The van der Waals surface area contributed by atoms with Crippen molar-refractivity contribution < 1.29 is 14.3 Å². The molecule has 0 spiro atoms. The van der Waals surface area contributed by atoms with Crippen molar-refractivity contribution in [1.82, 2.24) is 0 Å². The molecule has 0 saturated heterocycles. The second-order valence-corrected chi connectivity index (χ2v) is 6.43. The molecule has 0 bridgehead atoms. The van der Waals surface area contributed by atoms with Gasteiger partial charge in [-0.05, 0) is 6.42 Å². The highest BCUT2D eigenvalue weighted by atomic mass is 16.5. The summed E-state index contributed by atoms with van der Waals surface area (Å²) in [5.74, 6) is -0.345. The van der Waals surface area contributed by atoms with Gasteiger partial charge in [0.2, 0.25) is 0 Å². The number of carbonyl (C=O) groups is 1. The summed E-state index contributed by atoms with van der Waals surface area (Å²) in [6.07, 6.45) is 17.3. The van der Waals surface area contributed by atoms with Crippen LogP contribution in [0, 0.1) is 0 Å². The van der Waals surface area contributed by atoms with E-state index in [9.17, 15) is 4.79 Å². The van der Waals surface area contributed by atoms with Crippen molar-refractivity contribution in [3.05, 3.63) is 24.8 Å². The van der Waals surface area contributed by atoms with E-state index in [0.29, 0.717) is 18.8 Å². The van der Waals surface area contributed by atoms with Crippen LogP contribution in [0.15, 0.2) is 24.8 Å². The van der Waals surface area contributed by atoms with Gasteiger partial charge in [-0.25, -0.2) is 4.79 Å². The number of ether oxygens (including phenoxy) is 2. The molecule has 0 aliphatic rings. The van der Waals surface area contributed by atoms with Crippen molar-refractivity contribution in [2.75, 3.05) is 19.8 Å². The van der Waals surface area contributed by atoms with Crippen LogP contribution in [0.3, 0.4) is 0 Å². The summed E-state index contributed by atoms with van der Waals surface area (Å²) < 4.78 is 10.3. The Balaban J connectivity index is 3.25. The average Bonchev–Trinajstić information content (AvgIpc) is 2.58. The largest absolute Gasteiger partial charge is 0.462 e. The van der Waals surface area contributed by atoms with Gasteiger partial charge in [0.25, 0.3) is 0 Å². The van der Waals surface area contributed by atoms with Gasteiger partial charge in [-0.1, -0.05) is 90.2 Å². The maximum atomic E-state index is 11.6. The van der Waals surface area contributed by atoms with Crippen LogP contribution >= 0.6 is 0 Å². The van der Waals surface area contributed by atoms with E-state index in [1.54, 1.807) is 6.08 Å². The van der Waals surface area contributed by atoms with Crippen LogP contribution in [0.2, 0.25) is 0 Å². The summed E-state index contributed by atoms with van der Waals surface area (Å²) in [5, 5.41) is 0. The lowest BCUT2D eigenvalue weighted by Gasteiger charge is -2.07. The Kier molecular flexibility index (Phi) is 17.4. The van der Waals surface area contributed by atoms with Gasteiger partial charge in [-0.2, -0.15) is 0 Å². The number of unbranched alkanes of at least 4 members (excludes halogenated alkanes) is 11. The molecule has 0 unspecified atom stereocenters. The molecule has 0 N–H and O–H groups in total. The molecule has 140 valence electrons. The lowest BCUT2D eigenvalue weighted by atomic mass is 10.1. The predicted molar refractivity (Wildman–Crippen MR) is 102 cm³/mol. The third-order valence-electron chi connectivity index (χ3n) is 4.03. The number of hydrogen-bond donors (Lipinski definition) is 0. The highest BCUT2D eigenvalue weighted by molar-refractivity contribution is 5.87. The maximum absolute atomic E-state index is 11.6. The quantitative estimate of drug-likeness (QED) is 0.133. The zero-order chi connectivity index (χ0) is 17.9. The van der Waals surface area contributed by atoms with Crippen LogP contribution in [0.1, 0.15) is 84.0 Å². The monoisotopic (exact) mass is 338 g/mol. The van der Waals surface area contributed by atoms with E-state index in [-0.39, 0.29) is 12.6 Å². The fourth-order valence-corrected chi connectivity index (χ4v) is 2.53. The standard InChI is InChI=1S/C21H38O3/c1-4-6-7-8-9-10-11-12-13-14-15-16-18-24-21(22)20(3)19-23-17-5-2/h5H,2-4,6-19H2,1H3. The topological polar surface area (TPSA) is 35.5 Å². The first-order valence-corrected chi connectivity index (χ1v) is 9.75. The third-order valence-corrected chi connectivity index (χ3v) is 4.03. The van der Waals surface area contributed by atoms with Crippen molar-refractivity contribution >= 4 is 5.97 Å². The van der Waals surface area contributed by atoms with E-state index in [1.165, 1.54) is 64.2 Å². The van der Waals surface area contributed by atoms with Crippen molar-refractivity contribution in [3.63, 3.8) is 0 Å². The number of hydrogen-bond acceptors (Lipinski definition) is 3. The van der Waals surface area contributed by atoms with Crippen molar-refractivity contribution in [2.24, 2.45) is 0 Å². The van der Waals surface area contributed by atoms with Gasteiger partial charge in [-0.15, -0.1) is 6.58 Å². The highest BCUT2D eigenvalue weighted by Crippen LogP contribution is 2.12. The second kappa shape index (κ2) is 18.3. The van der Waals surface area contributed by atoms with E-state index in [4.69, 9.17) is 9.47 Å². The maximum Gasteiger partial charge on any atom is 0.335 e. The summed E-state index contributed by atoms with van der Waals surface area (Å²) >= 11 is 0. The molecule has 0 radical (unpaired) electrons. The Morgan fingerprint density at radius 3 is 1.88 bits per heavy atom. The molecule has 0 rings (SSSR count). The first kappa shape index (κ1) is 22.9. The molecule has 0 aliphatic heterocycles. The summed E-state index contributed by atoms with van der Waals surface area (Å²) in [7, 11) is 0. The number of carbonyl (C=O) groups excluding carboxylic acids is 1. The fraction of sp³-hybridized carbons (Fsp3) is 0.762. The first-order valence-electron chi connectivity index (χ1n) is 9.75. The summed E-state index contributed by atoms with van der Waals surface area (Å²) in [6, 6.07) is 0. The van der Waals surface area contributed by atoms with Crippen LogP contribution in [-0.4, -0.2) is 25.8 Å². The molecule has 3 heteroatoms. The molecule has 0 aromatic heterocycles. The molecule has 0 amide bonds.